The predicted octanol–water partition coefficient (Wildman–Crippen LogP) is 3.22. The SMILES string of the molecule is Cc1cc(C)c2c(=O)c(CN3CCc4nc(-c5cncnc5)ncc4C3)coc2c1. The van der Waals surface area contributed by atoms with Gasteiger partial charge in [0.15, 0.2) is 11.3 Å². The summed E-state index contributed by atoms with van der Waals surface area (Å²) in [5, 5.41) is 0.675. The van der Waals surface area contributed by atoms with Gasteiger partial charge in [-0.3, -0.25) is 9.69 Å². The second-order valence-electron chi connectivity index (χ2n) is 7.80. The maximum absolute atomic E-state index is 13.1. The zero-order valence-corrected chi connectivity index (χ0v) is 16.9. The number of nitrogens with zero attached hydrogens (tertiary/aromatic N) is 5. The van der Waals surface area contributed by atoms with Crippen LogP contribution in [0.5, 0.6) is 0 Å². The number of aryl methyl sites for hydroxylation is 2. The minimum absolute atomic E-state index is 0.0511. The fourth-order valence-electron chi connectivity index (χ4n) is 4.07. The summed E-state index contributed by atoms with van der Waals surface area (Å²) in [5.74, 6) is 0.642. The topological polar surface area (TPSA) is 85.0 Å². The molecule has 0 amide bonds. The van der Waals surface area contributed by atoms with Gasteiger partial charge in [-0.15, -0.1) is 0 Å². The van der Waals surface area contributed by atoms with Crippen molar-refractivity contribution in [1.82, 2.24) is 24.8 Å². The lowest BCUT2D eigenvalue weighted by molar-refractivity contribution is 0.240. The molecule has 0 N–H and O–H groups in total. The van der Waals surface area contributed by atoms with Crippen LogP contribution in [0.15, 0.2) is 52.5 Å². The molecule has 0 saturated carbocycles. The molecule has 0 aliphatic carbocycles. The number of hydrogen-bond donors (Lipinski definition) is 0. The van der Waals surface area contributed by atoms with Crippen LogP contribution in [-0.4, -0.2) is 31.4 Å². The molecule has 1 aromatic carbocycles. The highest BCUT2D eigenvalue weighted by molar-refractivity contribution is 5.81. The average molecular weight is 399 g/mol. The van der Waals surface area contributed by atoms with E-state index in [1.807, 2.05) is 32.2 Å². The first kappa shape index (κ1) is 18.6. The fraction of sp³-hybridized carbons (Fsp3) is 0.261. The quantitative estimate of drug-likeness (QED) is 0.523. The molecule has 0 radical (unpaired) electrons. The molecule has 1 aliphatic heterocycles. The Morgan fingerprint density at radius 2 is 1.97 bits per heavy atom. The highest BCUT2D eigenvalue weighted by Crippen LogP contribution is 2.22. The van der Waals surface area contributed by atoms with Gasteiger partial charge in [-0.05, 0) is 31.0 Å². The van der Waals surface area contributed by atoms with Crippen molar-refractivity contribution in [1.29, 1.82) is 0 Å². The third-order valence-electron chi connectivity index (χ3n) is 5.52. The highest BCUT2D eigenvalue weighted by Gasteiger charge is 2.21. The predicted molar refractivity (Wildman–Crippen MR) is 113 cm³/mol. The first-order valence-corrected chi connectivity index (χ1v) is 9.92. The molecule has 3 aromatic heterocycles. The molecule has 0 bridgehead atoms. The Labute approximate surface area is 173 Å². The molecule has 150 valence electrons. The van der Waals surface area contributed by atoms with Gasteiger partial charge in [-0.25, -0.2) is 19.9 Å². The zero-order chi connectivity index (χ0) is 20.7. The maximum Gasteiger partial charge on any atom is 0.197 e. The lowest BCUT2D eigenvalue weighted by Crippen LogP contribution is -2.32. The number of rotatable bonds is 3. The molecule has 0 saturated heterocycles. The van der Waals surface area contributed by atoms with Crippen molar-refractivity contribution in [2.24, 2.45) is 0 Å². The van der Waals surface area contributed by atoms with E-state index in [4.69, 9.17) is 9.40 Å². The second-order valence-corrected chi connectivity index (χ2v) is 7.80. The van der Waals surface area contributed by atoms with Gasteiger partial charge in [0, 0.05) is 55.8 Å². The summed E-state index contributed by atoms with van der Waals surface area (Å²) in [6.45, 7) is 6.02. The van der Waals surface area contributed by atoms with E-state index in [9.17, 15) is 4.79 Å². The van der Waals surface area contributed by atoms with E-state index in [1.165, 1.54) is 6.33 Å². The Morgan fingerprint density at radius 1 is 1.13 bits per heavy atom. The first-order chi connectivity index (χ1) is 14.6. The molecule has 4 aromatic rings. The average Bonchev–Trinajstić information content (AvgIpc) is 2.75. The van der Waals surface area contributed by atoms with Crippen LogP contribution >= 0.6 is 0 Å². The summed E-state index contributed by atoms with van der Waals surface area (Å²) in [6, 6.07) is 3.93. The Hall–Kier alpha value is -3.45. The van der Waals surface area contributed by atoms with Crippen molar-refractivity contribution in [2.75, 3.05) is 6.54 Å². The number of hydrogen-bond acceptors (Lipinski definition) is 7. The van der Waals surface area contributed by atoms with Gasteiger partial charge in [-0.2, -0.15) is 0 Å². The van der Waals surface area contributed by atoms with Crippen LogP contribution < -0.4 is 5.43 Å². The standard InChI is InChI=1S/C23H21N5O2/c1-14-5-15(2)21-20(6-14)30-12-18(22(21)29)11-28-4-3-19-17(10-28)9-26-23(27-19)16-7-24-13-25-8-16/h5-9,12-13H,3-4,10-11H2,1-2H3. The molecule has 0 fully saturated rings. The van der Waals surface area contributed by atoms with Gasteiger partial charge < -0.3 is 4.42 Å². The molecule has 7 nitrogen and oxygen atoms in total. The van der Waals surface area contributed by atoms with Gasteiger partial charge in [0.05, 0.1) is 22.9 Å². The zero-order valence-electron chi connectivity index (χ0n) is 16.9. The van der Waals surface area contributed by atoms with Crippen LogP contribution in [0, 0.1) is 13.8 Å². The molecule has 7 heteroatoms. The van der Waals surface area contributed by atoms with Crippen molar-refractivity contribution in [3.63, 3.8) is 0 Å². The minimum Gasteiger partial charge on any atom is -0.464 e. The van der Waals surface area contributed by atoms with Crippen molar-refractivity contribution in [3.05, 3.63) is 81.5 Å². The maximum atomic E-state index is 13.1. The molecule has 0 spiro atoms. The molecule has 30 heavy (non-hydrogen) atoms. The molecule has 5 rings (SSSR count). The smallest absolute Gasteiger partial charge is 0.197 e. The molecule has 0 atom stereocenters. The Kier molecular flexibility index (Phi) is 4.59. The first-order valence-electron chi connectivity index (χ1n) is 9.92. The van der Waals surface area contributed by atoms with Crippen molar-refractivity contribution < 1.29 is 4.42 Å². The van der Waals surface area contributed by atoms with Crippen LogP contribution in [0.2, 0.25) is 0 Å². The van der Waals surface area contributed by atoms with E-state index in [0.29, 0.717) is 35.4 Å². The molecular weight excluding hydrogens is 378 g/mol. The summed E-state index contributed by atoms with van der Waals surface area (Å²) < 4.78 is 5.80. The summed E-state index contributed by atoms with van der Waals surface area (Å²) in [4.78, 5) is 32.6. The van der Waals surface area contributed by atoms with Gasteiger partial charge in [-0.1, -0.05) is 6.07 Å². The van der Waals surface area contributed by atoms with E-state index >= 15 is 0 Å². The Balaban J connectivity index is 1.39. The normalized spacial score (nSPS) is 14.1. The van der Waals surface area contributed by atoms with Crippen LogP contribution in [-0.2, 0) is 19.5 Å². The van der Waals surface area contributed by atoms with Crippen LogP contribution in [0.1, 0.15) is 27.9 Å². The van der Waals surface area contributed by atoms with Gasteiger partial charge in [0.25, 0.3) is 0 Å². The molecular formula is C23H21N5O2. The van der Waals surface area contributed by atoms with Crippen LogP contribution in [0.4, 0.5) is 0 Å². The van der Waals surface area contributed by atoms with E-state index in [-0.39, 0.29) is 5.43 Å². The van der Waals surface area contributed by atoms with Gasteiger partial charge >= 0.3 is 0 Å². The Morgan fingerprint density at radius 3 is 2.80 bits per heavy atom. The number of fused-ring (bicyclic) bond motifs is 2. The van der Waals surface area contributed by atoms with Crippen LogP contribution in [0.25, 0.3) is 22.4 Å². The highest BCUT2D eigenvalue weighted by atomic mass is 16.3. The van der Waals surface area contributed by atoms with Crippen molar-refractivity contribution in [3.8, 4) is 11.4 Å². The summed E-state index contributed by atoms with van der Waals surface area (Å²) in [6.07, 6.45) is 9.20. The number of aromatic nitrogens is 4. The van der Waals surface area contributed by atoms with E-state index in [1.54, 1.807) is 18.7 Å². The largest absolute Gasteiger partial charge is 0.464 e. The van der Waals surface area contributed by atoms with E-state index in [2.05, 4.69) is 19.9 Å². The fourth-order valence-corrected chi connectivity index (χ4v) is 4.07. The summed E-state index contributed by atoms with van der Waals surface area (Å²) in [7, 11) is 0. The van der Waals surface area contributed by atoms with Gasteiger partial charge in [0.2, 0.25) is 0 Å². The summed E-state index contributed by atoms with van der Waals surface area (Å²) >= 11 is 0. The van der Waals surface area contributed by atoms with Crippen molar-refractivity contribution in [2.45, 2.75) is 33.4 Å². The lowest BCUT2D eigenvalue weighted by Gasteiger charge is -2.27. The molecule has 1 aliphatic rings. The van der Waals surface area contributed by atoms with Crippen molar-refractivity contribution >= 4 is 11.0 Å². The minimum atomic E-state index is 0.0511. The number of benzene rings is 1. The lowest BCUT2D eigenvalue weighted by atomic mass is 10.0. The monoisotopic (exact) mass is 399 g/mol. The van der Waals surface area contributed by atoms with E-state index in [0.717, 1.165) is 40.9 Å². The third-order valence-corrected chi connectivity index (χ3v) is 5.52. The second kappa shape index (κ2) is 7.42. The third kappa shape index (κ3) is 3.37. The van der Waals surface area contributed by atoms with Crippen LogP contribution in [0.3, 0.4) is 0 Å². The van der Waals surface area contributed by atoms with Gasteiger partial charge in [0.1, 0.15) is 11.9 Å². The molecule has 4 heterocycles. The Bertz CT molecular complexity index is 1300. The summed E-state index contributed by atoms with van der Waals surface area (Å²) in [5.41, 5.74) is 6.35. The molecule has 0 unspecified atom stereocenters. The van der Waals surface area contributed by atoms with E-state index < -0.39 is 0 Å².